The van der Waals surface area contributed by atoms with Crippen LogP contribution < -0.4 is 4.74 Å². The van der Waals surface area contributed by atoms with Crippen molar-refractivity contribution in [1.29, 1.82) is 0 Å². The van der Waals surface area contributed by atoms with Crippen molar-refractivity contribution in [2.75, 3.05) is 0 Å². The number of halogens is 2. The number of aryl methyl sites for hydroxylation is 1. The van der Waals surface area contributed by atoms with Gasteiger partial charge >= 0.3 is 0 Å². The number of nitrogens with zero attached hydrogens (tertiary/aromatic N) is 1. The Morgan fingerprint density at radius 2 is 2.10 bits per heavy atom. The Bertz CT molecular complexity index is 666. The second kappa shape index (κ2) is 6.59. The van der Waals surface area contributed by atoms with E-state index < -0.39 is 5.82 Å². The van der Waals surface area contributed by atoms with E-state index in [4.69, 9.17) is 21.5 Å². The fraction of sp³-hybridized carbons (Fsp3) is 0.188. The monoisotopic (exact) mass is 307 g/mol. The van der Waals surface area contributed by atoms with E-state index >= 15 is 0 Å². The van der Waals surface area contributed by atoms with Gasteiger partial charge < -0.3 is 9.94 Å². The lowest BCUT2D eigenvalue weighted by Gasteiger charge is -2.13. The van der Waals surface area contributed by atoms with Crippen LogP contribution in [0.2, 0.25) is 5.02 Å². The van der Waals surface area contributed by atoms with Gasteiger partial charge in [0, 0.05) is 11.1 Å². The molecule has 0 aliphatic rings. The van der Waals surface area contributed by atoms with E-state index in [9.17, 15) is 4.39 Å². The fourth-order valence-electron chi connectivity index (χ4n) is 1.92. The van der Waals surface area contributed by atoms with Crippen LogP contribution in [-0.4, -0.2) is 10.9 Å². The van der Waals surface area contributed by atoms with Gasteiger partial charge in [0.05, 0.1) is 10.7 Å². The fourth-order valence-corrected chi connectivity index (χ4v) is 2.14. The molecule has 0 fully saturated rings. The normalized spacial score (nSPS) is 11.5. The van der Waals surface area contributed by atoms with Crippen LogP contribution in [0.5, 0.6) is 5.75 Å². The zero-order chi connectivity index (χ0) is 15.4. The number of rotatable bonds is 4. The van der Waals surface area contributed by atoms with Crippen LogP contribution in [0.1, 0.15) is 23.6 Å². The molecular formula is C16H15ClFNO2. The highest BCUT2D eigenvalue weighted by atomic mass is 35.5. The first-order chi connectivity index (χ1) is 10.0. The molecule has 0 atom stereocenters. The smallest absolute Gasteiger partial charge is 0.131 e. The minimum absolute atomic E-state index is 0.000663. The Labute approximate surface area is 127 Å². The molecule has 5 heteroatoms. The van der Waals surface area contributed by atoms with Gasteiger partial charge in [-0.05, 0) is 43.7 Å². The third-order valence-corrected chi connectivity index (χ3v) is 3.46. The van der Waals surface area contributed by atoms with E-state index in [0.717, 1.165) is 5.56 Å². The summed E-state index contributed by atoms with van der Waals surface area (Å²) in [7, 11) is 0. The number of hydrogen-bond acceptors (Lipinski definition) is 3. The van der Waals surface area contributed by atoms with E-state index in [1.54, 1.807) is 31.2 Å². The topological polar surface area (TPSA) is 41.8 Å². The molecular weight excluding hydrogens is 293 g/mol. The van der Waals surface area contributed by atoms with Crippen LogP contribution in [0, 0.1) is 12.7 Å². The Morgan fingerprint density at radius 3 is 2.76 bits per heavy atom. The van der Waals surface area contributed by atoms with Crippen LogP contribution in [0.4, 0.5) is 4.39 Å². The van der Waals surface area contributed by atoms with Crippen LogP contribution in [-0.2, 0) is 6.61 Å². The Hall–Kier alpha value is -2.07. The predicted molar refractivity (Wildman–Crippen MR) is 80.9 cm³/mol. The maximum absolute atomic E-state index is 13.7. The van der Waals surface area contributed by atoms with Gasteiger partial charge in [-0.15, -0.1) is 0 Å². The van der Waals surface area contributed by atoms with Gasteiger partial charge in [0.1, 0.15) is 18.2 Å². The van der Waals surface area contributed by atoms with Crippen molar-refractivity contribution in [2.24, 2.45) is 5.16 Å². The van der Waals surface area contributed by atoms with Crippen LogP contribution in [0.15, 0.2) is 41.6 Å². The van der Waals surface area contributed by atoms with Crippen LogP contribution in [0.3, 0.4) is 0 Å². The lowest BCUT2D eigenvalue weighted by atomic mass is 10.1. The second-order valence-electron chi connectivity index (χ2n) is 4.67. The van der Waals surface area contributed by atoms with Crippen molar-refractivity contribution in [3.8, 4) is 5.75 Å². The third kappa shape index (κ3) is 3.52. The molecule has 21 heavy (non-hydrogen) atoms. The summed E-state index contributed by atoms with van der Waals surface area (Å²) in [6.07, 6.45) is 0. The quantitative estimate of drug-likeness (QED) is 0.511. The van der Waals surface area contributed by atoms with Gasteiger partial charge in [-0.25, -0.2) is 4.39 Å². The molecule has 2 rings (SSSR count). The molecule has 0 aromatic heterocycles. The Kier molecular flexibility index (Phi) is 4.81. The van der Waals surface area contributed by atoms with E-state index in [1.807, 2.05) is 13.0 Å². The molecule has 0 unspecified atom stereocenters. The summed E-state index contributed by atoms with van der Waals surface area (Å²) >= 11 is 5.97. The van der Waals surface area contributed by atoms with Crippen molar-refractivity contribution >= 4 is 17.3 Å². The van der Waals surface area contributed by atoms with Crippen molar-refractivity contribution < 1.29 is 14.3 Å². The molecule has 0 bridgehead atoms. The predicted octanol–water partition coefficient (Wildman–Crippen LogP) is 4.56. The Balaban J connectivity index is 2.30. The summed E-state index contributed by atoms with van der Waals surface area (Å²) in [6, 6.07) is 9.97. The molecule has 0 radical (unpaired) electrons. The van der Waals surface area contributed by atoms with E-state index in [0.29, 0.717) is 27.6 Å². The summed E-state index contributed by atoms with van der Waals surface area (Å²) < 4.78 is 19.4. The molecule has 0 amide bonds. The number of hydrogen-bond donors (Lipinski definition) is 1. The molecule has 0 saturated carbocycles. The van der Waals surface area contributed by atoms with Crippen LogP contribution in [0.25, 0.3) is 0 Å². The van der Waals surface area contributed by atoms with Crippen LogP contribution >= 0.6 is 11.6 Å². The van der Waals surface area contributed by atoms with Gasteiger partial charge in [0.2, 0.25) is 0 Å². The first-order valence-corrected chi connectivity index (χ1v) is 6.76. The highest BCUT2D eigenvalue weighted by molar-refractivity contribution is 6.31. The molecule has 0 heterocycles. The summed E-state index contributed by atoms with van der Waals surface area (Å²) in [4.78, 5) is 0. The molecule has 0 spiro atoms. The first-order valence-electron chi connectivity index (χ1n) is 6.38. The first kappa shape index (κ1) is 15.3. The molecule has 0 aliphatic carbocycles. The summed E-state index contributed by atoms with van der Waals surface area (Å²) in [5.41, 5.74) is 2.35. The van der Waals surface area contributed by atoms with Crippen molar-refractivity contribution in [3.63, 3.8) is 0 Å². The summed E-state index contributed by atoms with van der Waals surface area (Å²) in [5, 5.41) is 12.4. The maximum atomic E-state index is 13.7. The number of benzene rings is 2. The van der Waals surface area contributed by atoms with Crippen molar-refractivity contribution in [2.45, 2.75) is 20.5 Å². The lowest BCUT2D eigenvalue weighted by molar-refractivity contribution is 0.297. The van der Waals surface area contributed by atoms with E-state index in [2.05, 4.69) is 5.16 Å². The summed E-state index contributed by atoms with van der Waals surface area (Å²) in [5.74, 6) is 0.105. The largest absolute Gasteiger partial charge is 0.488 e. The van der Waals surface area contributed by atoms with Gasteiger partial charge in [0.25, 0.3) is 0 Å². The third-order valence-electron chi connectivity index (χ3n) is 3.11. The highest BCUT2D eigenvalue weighted by Crippen LogP contribution is 2.25. The van der Waals surface area contributed by atoms with E-state index in [1.165, 1.54) is 6.07 Å². The molecule has 1 N–H and O–H groups in total. The lowest BCUT2D eigenvalue weighted by Crippen LogP contribution is -2.04. The molecule has 3 nitrogen and oxygen atoms in total. The average molecular weight is 308 g/mol. The van der Waals surface area contributed by atoms with Gasteiger partial charge in [0.15, 0.2) is 0 Å². The summed E-state index contributed by atoms with van der Waals surface area (Å²) in [6.45, 7) is 3.58. The maximum Gasteiger partial charge on any atom is 0.131 e. The van der Waals surface area contributed by atoms with Gasteiger partial charge in [-0.1, -0.05) is 28.9 Å². The van der Waals surface area contributed by atoms with Gasteiger partial charge in [-0.3, -0.25) is 0 Å². The zero-order valence-corrected chi connectivity index (χ0v) is 12.5. The Morgan fingerprint density at radius 1 is 1.33 bits per heavy atom. The highest BCUT2D eigenvalue weighted by Gasteiger charge is 2.11. The van der Waals surface area contributed by atoms with Gasteiger partial charge in [-0.2, -0.15) is 0 Å². The molecule has 2 aromatic rings. The standard InChI is InChI=1S/C16H15ClFNO2/c1-10-6-7-12(11(2)19-20)16(8-10)21-9-13-14(17)4-3-5-15(13)18/h3-8,20H,9H2,1-2H3. The second-order valence-corrected chi connectivity index (χ2v) is 5.08. The van der Waals surface area contributed by atoms with Crippen molar-refractivity contribution in [1.82, 2.24) is 0 Å². The minimum Gasteiger partial charge on any atom is -0.488 e. The van der Waals surface area contributed by atoms with Crippen molar-refractivity contribution in [3.05, 3.63) is 63.9 Å². The molecule has 110 valence electrons. The molecule has 0 saturated heterocycles. The minimum atomic E-state index is -0.413. The number of oxime groups is 1. The molecule has 2 aromatic carbocycles. The SMILES string of the molecule is CC(=NO)c1ccc(C)cc1OCc1c(F)cccc1Cl. The van der Waals surface area contributed by atoms with E-state index in [-0.39, 0.29) is 6.61 Å². The number of ether oxygens (including phenoxy) is 1. The average Bonchev–Trinajstić information content (AvgIpc) is 2.46. The zero-order valence-electron chi connectivity index (χ0n) is 11.7. The molecule has 0 aliphatic heterocycles.